The summed E-state index contributed by atoms with van der Waals surface area (Å²) in [5, 5.41) is 0. The Kier molecular flexibility index (Phi) is 10.1. The van der Waals surface area contributed by atoms with Gasteiger partial charge in [-0.3, -0.25) is 4.79 Å². The Hall–Kier alpha value is -1.15. The molecule has 0 aliphatic rings. The minimum absolute atomic E-state index is 0. The monoisotopic (exact) mass is 363 g/mol. The predicted molar refractivity (Wildman–Crippen MR) is 94.4 cm³/mol. The number of hydrogen-bond donors (Lipinski definition) is 2. The molecule has 1 rings (SSSR count). The van der Waals surface area contributed by atoms with Crippen molar-refractivity contribution in [3.8, 4) is 0 Å². The summed E-state index contributed by atoms with van der Waals surface area (Å²) in [5.41, 5.74) is 5.56. The number of benzene rings is 1. The summed E-state index contributed by atoms with van der Waals surface area (Å²) in [4.78, 5) is 14.0. The second-order valence-electron chi connectivity index (χ2n) is 5.12. The highest BCUT2D eigenvalue weighted by Crippen LogP contribution is 2.17. The molecule has 0 bridgehead atoms. The molecular formula is C15H26ClN3O3S. The van der Waals surface area contributed by atoms with Crippen molar-refractivity contribution in [3.63, 3.8) is 0 Å². The van der Waals surface area contributed by atoms with Gasteiger partial charge in [0.15, 0.2) is 0 Å². The maximum Gasteiger partial charge on any atom is 0.254 e. The topological polar surface area (TPSA) is 92.5 Å². The third-order valence-electron chi connectivity index (χ3n) is 3.27. The molecule has 0 saturated heterocycles. The van der Waals surface area contributed by atoms with Crippen LogP contribution in [0.25, 0.3) is 0 Å². The van der Waals surface area contributed by atoms with E-state index < -0.39 is 10.0 Å². The van der Waals surface area contributed by atoms with Crippen LogP contribution in [0.2, 0.25) is 0 Å². The first-order valence-electron chi connectivity index (χ1n) is 7.48. The molecule has 0 unspecified atom stereocenters. The number of sulfonamides is 1. The van der Waals surface area contributed by atoms with Gasteiger partial charge in [-0.25, -0.2) is 13.1 Å². The van der Waals surface area contributed by atoms with Crippen LogP contribution in [-0.4, -0.2) is 45.9 Å². The summed E-state index contributed by atoms with van der Waals surface area (Å²) in [5.74, 6) is -0.284. The normalized spacial score (nSPS) is 10.9. The number of nitrogens with one attached hydrogen (secondary N) is 1. The van der Waals surface area contributed by atoms with Gasteiger partial charge >= 0.3 is 0 Å². The first-order chi connectivity index (χ1) is 10.4. The zero-order chi connectivity index (χ0) is 16.6. The Morgan fingerprint density at radius 2 is 1.91 bits per heavy atom. The Morgan fingerprint density at radius 3 is 2.52 bits per heavy atom. The summed E-state index contributed by atoms with van der Waals surface area (Å²) in [7, 11) is -2.03. The van der Waals surface area contributed by atoms with Crippen LogP contribution >= 0.6 is 12.4 Å². The van der Waals surface area contributed by atoms with Crippen LogP contribution < -0.4 is 10.5 Å². The van der Waals surface area contributed by atoms with Gasteiger partial charge in [-0.15, -0.1) is 12.4 Å². The van der Waals surface area contributed by atoms with Gasteiger partial charge in [0.25, 0.3) is 5.91 Å². The van der Waals surface area contributed by atoms with Crippen molar-refractivity contribution in [2.75, 3.05) is 26.7 Å². The minimum atomic E-state index is -3.72. The van der Waals surface area contributed by atoms with E-state index in [4.69, 9.17) is 5.73 Å². The lowest BCUT2D eigenvalue weighted by Crippen LogP contribution is -2.32. The number of amides is 1. The maximum atomic E-state index is 12.5. The highest BCUT2D eigenvalue weighted by molar-refractivity contribution is 7.89. The average Bonchev–Trinajstić information content (AvgIpc) is 2.52. The smallest absolute Gasteiger partial charge is 0.254 e. The molecule has 0 aliphatic heterocycles. The largest absolute Gasteiger partial charge is 0.342 e. The van der Waals surface area contributed by atoms with E-state index in [1.807, 2.05) is 6.92 Å². The fraction of sp³-hybridized carbons (Fsp3) is 0.533. The molecule has 1 aromatic carbocycles. The van der Waals surface area contributed by atoms with Crippen LogP contribution in [0.1, 0.15) is 36.5 Å². The lowest BCUT2D eigenvalue weighted by molar-refractivity contribution is 0.0789. The molecule has 0 fully saturated rings. The van der Waals surface area contributed by atoms with Crippen LogP contribution in [-0.2, 0) is 10.0 Å². The molecular weight excluding hydrogens is 338 g/mol. The van der Waals surface area contributed by atoms with E-state index in [0.717, 1.165) is 12.8 Å². The van der Waals surface area contributed by atoms with Crippen molar-refractivity contribution in [2.45, 2.75) is 31.1 Å². The number of hydrogen-bond acceptors (Lipinski definition) is 4. The number of unbranched alkanes of at least 4 members (excludes halogenated alkanes) is 1. The van der Waals surface area contributed by atoms with Crippen LogP contribution in [0.15, 0.2) is 29.2 Å². The van der Waals surface area contributed by atoms with Gasteiger partial charge in [0.1, 0.15) is 0 Å². The molecule has 6 nitrogen and oxygen atoms in total. The van der Waals surface area contributed by atoms with Crippen molar-refractivity contribution < 1.29 is 13.2 Å². The lowest BCUT2D eigenvalue weighted by atomic mass is 10.2. The Morgan fingerprint density at radius 1 is 1.26 bits per heavy atom. The molecule has 0 aromatic heterocycles. The average molecular weight is 364 g/mol. The summed E-state index contributed by atoms with van der Waals surface area (Å²) >= 11 is 0. The number of nitrogens with zero attached hydrogens (tertiary/aromatic N) is 1. The predicted octanol–water partition coefficient (Wildman–Crippen LogP) is 1.61. The maximum absolute atomic E-state index is 12.5. The first-order valence-corrected chi connectivity index (χ1v) is 8.96. The summed E-state index contributed by atoms with van der Waals surface area (Å²) < 4.78 is 27.2. The molecule has 0 spiro atoms. The van der Waals surface area contributed by atoms with Crippen molar-refractivity contribution in [1.29, 1.82) is 0 Å². The van der Waals surface area contributed by atoms with E-state index >= 15 is 0 Å². The molecule has 0 aliphatic carbocycles. The molecule has 0 radical (unpaired) electrons. The summed E-state index contributed by atoms with van der Waals surface area (Å²) in [6.45, 7) is 3.30. The molecule has 3 N–H and O–H groups in total. The zero-order valence-corrected chi connectivity index (χ0v) is 15.3. The third-order valence-corrected chi connectivity index (χ3v) is 4.79. The lowest BCUT2D eigenvalue weighted by Gasteiger charge is -2.19. The second kappa shape index (κ2) is 10.6. The third kappa shape index (κ3) is 6.47. The standard InChI is InChI=1S/C15H25N3O3S.ClH/c1-3-4-12-18(2)15(19)13-8-5-6-9-14(13)22(20,21)17-11-7-10-16;/h5-6,8-9,17H,3-4,7,10-12,16H2,1-2H3;1H. The van der Waals surface area contributed by atoms with Gasteiger partial charge in [-0.1, -0.05) is 25.5 Å². The van der Waals surface area contributed by atoms with E-state index in [1.54, 1.807) is 30.1 Å². The molecule has 0 atom stereocenters. The van der Waals surface area contributed by atoms with Gasteiger partial charge in [-0.05, 0) is 31.5 Å². The molecule has 8 heteroatoms. The molecule has 23 heavy (non-hydrogen) atoms. The number of nitrogens with two attached hydrogens (primary N) is 1. The molecule has 132 valence electrons. The molecule has 0 saturated carbocycles. The number of rotatable bonds is 9. The Bertz CT molecular complexity index is 593. The van der Waals surface area contributed by atoms with Gasteiger partial charge in [0.05, 0.1) is 10.5 Å². The quantitative estimate of drug-likeness (QED) is 0.652. The molecule has 1 aromatic rings. The number of carbonyl (C=O) groups excluding carboxylic acids is 1. The SMILES string of the molecule is CCCCN(C)C(=O)c1ccccc1S(=O)(=O)NCCCN.Cl. The van der Waals surface area contributed by atoms with E-state index in [-0.39, 0.29) is 35.3 Å². The second-order valence-corrected chi connectivity index (χ2v) is 6.85. The van der Waals surface area contributed by atoms with E-state index in [1.165, 1.54) is 6.07 Å². The van der Waals surface area contributed by atoms with Crippen molar-refractivity contribution in [2.24, 2.45) is 5.73 Å². The number of halogens is 1. The summed E-state index contributed by atoms with van der Waals surface area (Å²) in [6.07, 6.45) is 2.40. The Balaban J connectivity index is 0.00000484. The first kappa shape index (κ1) is 21.9. The summed E-state index contributed by atoms with van der Waals surface area (Å²) in [6, 6.07) is 6.27. The van der Waals surface area contributed by atoms with Crippen molar-refractivity contribution >= 4 is 28.3 Å². The van der Waals surface area contributed by atoms with Crippen LogP contribution in [0.3, 0.4) is 0 Å². The fourth-order valence-corrected chi connectivity index (χ4v) is 3.24. The highest BCUT2D eigenvalue weighted by atomic mass is 35.5. The van der Waals surface area contributed by atoms with E-state index in [0.29, 0.717) is 19.5 Å². The van der Waals surface area contributed by atoms with Gasteiger partial charge in [-0.2, -0.15) is 0 Å². The van der Waals surface area contributed by atoms with Crippen LogP contribution in [0, 0.1) is 0 Å². The zero-order valence-electron chi connectivity index (χ0n) is 13.6. The molecule has 1 amide bonds. The van der Waals surface area contributed by atoms with E-state index in [9.17, 15) is 13.2 Å². The van der Waals surface area contributed by atoms with Crippen LogP contribution in [0.5, 0.6) is 0 Å². The molecule has 0 heterocycles. The highest BCUT2D eigenvalue weighted by Gasteiger charge is 2.23. The van der Waals surface area contributed by atoms with Gasteiger partial charge < -0.3 is 10.6 Å². The van der Waals surface area contributed by atoms with Crippen molar-refractivity contribution in [1.82, 2.24) is 9.62 Å². The fourth-order valence-electron chi connectivity index (χ4n) is 1.97. The van der Waals surface area contributed by atoms with E-state index in [2.05, 4.69) is 4.72 Å². The van der Waals surface area contributed by atoms with Gasteiger partial charge in [0, 0.05) is 20.1 Å². The minimum Gasteiger partial charge on any atom is -0.342 e. The van der Waals surface area contributed by atoms with Gasteiger partial charge in [0.2, 0.25) is 10.0 Å². The van der Waals surface area contributed by atoms with Crippen LogP contribution in [0.4, 0.5) is 0 Å². The number of carbonyl (C=O) groups is 1. The Labute approximate surface area is 144 Å². The van der Waals surface area contributed by atoms with Crippen molar-refractivity contribution in [3.05, 3.63) is 29.8 Å².